The fourth-order valence-electron chi connectivity index (χ4n) is 0.821. The molecule has 5 heteroatoms. The molecule has 0 rings (SSSR count). The fraction of sp³-hybridized carbons (Fsp3) is 0.556. The van der Waals surface area contributed by atoms with Crippen molar-refractivity contribution in [3.63, 3.8) is 0 Å². The zero-order valence-electron chi connectivity index (χ0n) is 8.51. The quantitative estimate of drug-likeness (QED) is 0.183. The first-order valence-electron chi connectivity index (χ1n) is 4.30. The summed E-state index contributed by atoms with van der Waals surface area (Å²) in [4.78, 5) is 12.8. The van der Waals surface area contributed by atoms with Gasteiger partial charge in [0, 0.05) is 7.05 Å². The normalized spacial score (nSPS) is 12.7. The molecule has 0 saturated carbocycles. The SMILES string of the molecule is C=CCCSC(C)C(=O)N(C)C=NO. The van der Waals surface area contributed by atoms with Crippen molar-refractivity contribution in [2.75, 3.05) is 12.8 Å². The Morgan fingerprint density at radius 3 is 2.93 bits per heavy atom. The summed E-state index contributed by atoms with van der Waals surface area (Å²) >= 11 is 1.56. The van der Waals surface area contributed by atoms with Crippen LogP contribution in [-0.4, -0.2) is 40.4 Å². The number of thioether (sulfide) groups is 1. The van der Waals surface area contributed by atoms with E-state index in [9.17, 15) is 4.79 Å². The van der Waals surface area contributed by atoms with E-state index in [4.69, 9.17) is 5.21 Å². The summed E-state index contributed by atoms with van der Waals surface area (Å²) < 4.78 is 0. The molecule has 1 unspecified atom stereocenters. The first-order chi connectivity index (χ1) is 6.63. The molecular formula is C9H16N2O2S. The first-order valence-corrected chi connectivity index (χ1v) is 5.35. The number of amides is 1. The highest BCUT2D eigenvalue weighted by Gasteiger charge is 2.15. The van der Waals surface area contributed by atoms with Gasteiger partial charge in [0.15, 0.2) is 0 Å². The van der Waals surface area contributed by atoms with Gasteiger partial charge in [-0.15, -0.1) is 18.3 Å². The molecule has 1 amide bonds. The summed E-state index contributed by atoms with van der Waals surface area (Å²) in [5, 5.41) is 10.9. The molecule has 0 aliphatic carbocycles. The van der Waals surface area contributed by atoms with E-state index in [0.717, 1.165) is 18.5 Å². The third-order valence-corrected chi connectivity index (χ3v) is 2.78. The van der Waals surface area contributed by atoms with Gasteiger partial charge in [-0.05, 0) is 19.1 Å². The summed E-state index contributed by atoms with van der Waals surface area (Å²) in [5.41, 5.74) is 0. The molecule has 0 spiro atoms. The largest absolute Gasteiger partial charge is 0.410 e. The number of oxime groups is 1. The Morgan fingerprint density at radius 1 is 1.79 bits per heavy atom. The minimum atomic E-state index is -0.127. The average Bonchev–Trinajstić information content (AvgIpc) is 2.17. The van der Waals surface area contributed by atoms with Gasteiger partial charge in [0.2, 0.25) is 5.91 Å². The first kappa shape index (κ1) is 13.0. The highest BCUT2D eigenvalue weighted by Crippen LogP contribution is 2.13. The van der Waals surface area contributed by atoms with Gasteiger partial charge in [-0.3, -0.25) is 4.79 Å². The van der Waals surface area contributed by atoms with Crippen LogP contribution in [0.1, 0.15) is 13.3 Å². The number of rotatable bonds is 6. The van der Waals surface area contributed by atoms with Gasteiger partial charge in [0.05, 0.1) is 5.25 Å². The molecule has 0 aromatic heterocycles. The molecule has 0 bridgehead atoms. The molecule has 0 fully saturated rings. The summed E-state index contributed by atoms with van der Waals surface area (Å²) in [6.07, 6.45) is 3.80. The van der Waals surface area contributed by atoms with Crippen molar-refractivity contribution in [1.29, 1.82) is 0 Å². The molecule has 0 aromatic rings. The van der Waals surface area contributed by atoms with Crippen LogP contribution < -0.4 is 0 Å². The van der Waals surface area contributed by atoms with E-state index in [2.05, 4.69) is 11.7 Å². The van der Waals surface area contributed by atoms with Crippen molar-refractivity contribution in [3.05, 3.63) is 12.7 Å². The lowest BCUT2D eigenvalue weighted by atomic mass is 10.4. The van der Waals surface area contributed by atoms with Gasteiger partial charge < -0.3 is 10.1 Å². The molecule has 14 heavy (non-hydrogen) atoms. The van der Waals surface area contributed by atoms with E-state index in [0.29, 0.717) is 0 Å². The van der Waals surface area contributed by atoms with Crippen LogP contribution in [-0.2, 0) is 4.79 Å². The average molecular weight is 216 g/mol. The minimum absolute atomic E-state index is 0.0723. The maximum absolute atomic E-state index is 11.5. The lowest BCUT2D eigenvalue weighted by Gasteiger charge is -2.15. The van der Waals surface area contributed by atoms with Crippen LogP contribution in [0.4, 0.5) is 0 Å². The third kappa shape index (κ3) is 4.91. The highest BCUT2D eigenvalue weighted by molar-refractivity contribution is 8.00. The van der Waals surface area contributed by atoms with Crippen LogP contribution in [0.15, 0.2) is 17.8 Å². The maximum atomic E-state index is 11.5. The van der Waals surface area contributed by atoms with Gasteiger partial charge in [0.25, 0.3) is 0 Å². The van der Waals surface area contributed by atoms with Gasteiger partial charge in [-0.25, -0.2) is 0 Å². The molecule has 1 N–H and O–H groups in total. The molecule has 0 aliphatic rings. The molecule has 4 nitrogen and oxygen atoms in total. The van der Waals surface area contributed by atoms with Gasteiger partial charge in [-0.2, -0.15) is 0 Å². The topological polar surface area (TPSA) is 52.9 Å². The van der Waals surface area contributed by atoms with Crippen LogP contribution in [0.25, 0.3) is 0 Å². The molecule has 0 saturated heterocycles. The summed E-state index contributed by atoms with van der Waals surface area (Å²) in [6.45, 7) is 5.44. The molecule has 1 atom stereocenters. The Labute approximate surface area is 88.7 Å². The van der Waals surface area contributed by atoms with Crippen LogP contribution in [0.2, 0.25) is 0 Å². The highest BCUT2D eigenvalue weighted by atomic mass is 32.2. The van der Waals surface area contributed by atoms with E-state index in [-0.39, 0.29) is 11.2 Å². The molecule has 0 aliphatic heterocycles. The molecular weight excluding hydrogens is 200 g/mol. The zero-order chi connectivity index (χ0) is 11.0. The predicted molar refractivity (Wildman–Crippen MR) is 59.8 cm³/mol. The lowest BCUT2D eigenvalue weighted by Crippen LogP contribution is -2.32. The second kappa shape index (κ2) is 7.44. The maximum Gasteiger partial charge on any atom is 0.240 e. The van der Waals surface area contributed by atoms with Crippen molar-refractivity contribution >= 4 is 24.0 Å². The smallest absolute Gasteiger partial charge is 0.240 e. The fourth-order valence-corrected chi connectivity index (χ4v) is 1.79. The monoisotopic (exact) mass is 216 g/mol. The third-order valence-electron chi connectivity index (χ3n) is 1.61. The van der Waals surface area contributed by atoms with E-state index in [1.165, 1.54) is 4.90 Å². The van der Waals surface area contributed by atoms with Crippen LogP contribution in [0.5, 0.6) is 0 Å². The lowest BCUT2D eigenvalue weighted by molar-refractivity contribution is -0.125. The standard InChI is InChI=1S/C9H16N2O2S/c1-4-5-6-14-8(2)9(12)11(3)7-10-13/h4,7-8,13H,1,5-6H2,2-3H3. The number of nitrogens with zero attached hydrogens (tertiary/aromatic N) is 2. The summed E-state index contributed by atoms with van der Waals surface area (Å²) in [5.74, 6) is 0.803. The Kier molecular flexibility index (Phi) is 6.92. The van der Waals surface area contributed by atoms with Crippen molar-refractivity contribution in [2.45, 2.75) is 18.6 Å². The van der Waals surface area contributed by atoms with Gasteiger partial charge in [0.1, 0.15) is 6.34 Å². The zero-order valence-corrected chi connectivity index (χ0v) is 9.33. The van der Waals surface area contributed by atoms with Crippen molar-refractivity contribution in [1.82, 2.24) is 4.90 Å². The second-order valence-corrected chi connectivity index (χ2v) is 4.22. The van der Waals surface area contributed by atoms with Crippen molar-refractivity contribution in [3.8, 4) is 0 Å². The van der Waals surface area contributed by atoms with E-state index < -0.39 is 0 Å². The molecule has 0 heterocycles. The van der Waals surface area contributed by atoms with Crippen LogP contribution in [0, 0.1) is 0 Å². The Hall–Kier alpha value is -0.970. The Bertz CT molecular complexity index is 219. The van der Waals surface area contributed by atoms with E-state index >= 15 is 0 Å². The van der Waals surface area contributed by atoms with Gasteiger partial charge in [-0.1, -0.05) is 11.2 Å². The molecule has 0 radical (unpaired) electrons. The van der Waals surface area contributed by atoms with Crippen LogP contribution in [0.3, 0.4) is 0 Å². The van der Waals surface area contributed by atoms with E-state index in [1.807, 2.05) is 13.0 Å². The minimum Gasteiger partial charge on any atom is -0.410 e. The summed E-state index contributed by atoms with van der Waals surface area (Å²) in [7, 11) is 1.56. The van der Waals surface area contributed by atoms with Crippen molar-refractivity contribution in [2.24, 2.45) is 5.16 Å². The molecule has 0 aromatic carbocycles. The van der Waals surface area contributed by atoms with Crippen LogP contribution >= 0.6 is 11.8 Å². The van der Waals surface area contributed by atoms with Crippen molar-refractivity contribution < 1.29 is 10.0 Å². The Morgan fingerprint density at radius 2 is 2.43 bits per heavy atom. The van der Waals surface area contributed by atoms with Gasteiger partial charge >= 0.3 is 0 Å². The predicted octanol–water partition coefficient (Wildman–Crippen LogP) is 1.56. The number of hydrogen-bond donors (Lipinski definition) is 1. The number of hydrogen-bond acceptors (Lipinski definition) is 4. The molecule has 80 valence electrons. The number of allylic oxidation sites excluding steroid dienone is 1. The number of carbonyl (C=O) groups excluding carboxylic acids is 1. The number of carbonyl (C=O) groups is 1. The van der Waals surface area contributed by atoms with E-state index in [1.54, 1.807) is 18.8 Å². The Balaban J connectivity index is 3.91. The second-order valence-electron chi connectivity index (χ2n) is 2.77. The summed E-state index contributed by atoms with van der Waals surface area (Å²) in [6, 6.07) is 0.